The number of hydrogen-bond acceptors (Lipinski definition) is 4. The molecule has 1 aliphatic carbocycles. The molecule has 1 saturated carbocycles. The van der Waals surface area contributed by atoms with Gasteiger partial charge in [-0.1, -0.05) is 0 Å². The summed E-state index contributed by atoms with van der Waals surface area (Å²) in [4.78, 5) is 18.1. The van der Waals surface area contributed by atoms with Crippen LogP contribution in [0.2, 0.25) is 0 Å². The van der Waals surface area contributed by atoms with Crippen LogP contribution in [0.4, 0.5) is 0 Å². The second-order valence-electron chi connectivity index (χ2n) is 7.72. The molecule has 0 spiro atoms. The molecule has 1 aliphatic heterocycles. The van der Waals surface area contributed by atoms with Crippen molar-refractivity contribution in [1.29, 1.82) is 0 Å². The molecular weight excluding hydrogens is 336 g/mol. The Balaban J connectivity index is 1.62. The van der Waals surface area contributed by atoms with Gasteiger partial charge in [0.2, 0.25) is 5.91 Å². The molecule has 2 fully saturated rings. The van der Waals surface area contributed by atoms with Crippen molar-refractivity contribution in [3.05, 3.63) is 30.4 Å². The molecule has 2 aliphatic rings. The number of pyridine rings is 1. The van der Waals surface area contributed by atoms with Crippen LogP contribution < -0.4 is 10.6 Å². The van der Waals surface area contributed by atoms with Crippen molar-refractivity contribution in [1.82, 2.24) is 20.0 Å². The zero-order valence-electron chi connectivity index (χ0n) is 14.8. The molecule has 2 aromatic rings. The largest absolute Gasteiger partial charge is 0.344 e. The normalized spacial score (nSPS) is 26.9. The highest BCUT2D eigenvalue weighted by molar-refractivity contribution is 7.84. The molecule has 2 unspecified atom stereocenters. The van der Waals surface area contributed by atoms with E-state index in [-0.39, 0.29) is 11.8 Å². The number of carbonyl (C=O) groups is 1. The number of imidazole rings is 1. The standard InChI is InChI=1S/C18H24N4O2S/c1-18(2,21-16(23)15-11-7-12(15)9-19-8-11)17-20-10-13-14(25(3)24)5-4-6-22(13)17/h4-6,10-12,15,19H,7-9H2,1-3H3,(H,21,23)/t11-,12+,15?,25?. The van der Waals surface area contributed by atoms with E-state index in [9.17, 15) is 9.00 Å². The van der Waals surface area contributed by atoms with E-state index in [4.69, 9.17) is 0 Å². The Kier molecular flexibility index (Phi) is 3.96. The first kappa shape index (κ1) is 16.7. The van der Waals surface area contributed by atoms with Gasteiger partial charge in [0.05, 0.1) is 32.9 Å². The Morgan fingerprint density at radius 2 is 2.12 bits per heavy atom. The Morgan fingerprint density at radius 3 is 2.76 bits per heavy atom. The average molecular weight is 360 g/mol. The van der Waals surface area contributed by atoms with Gasteiger partial charge in [-0.3, -0.25) is 9.00 Å². The number of amides is 1. The van der Waals surface area contributed by atoms with E-state index < -0.39 is 16.3 Å². The van der Waals surface area contributed by atoms with Gasteiger partial charge in [0, 0.05) is 18.4 Å². The average Bonchev–Trinajstić information content (AvgIpc) is 2.99. The molecule has 6 nitrogen and oxygen atoms in total. The molecule has 2 bridgehead atoms. The Morgan fingerprint density at radius 1 is 1.40 bits per heavy atom. The summed E-state index contributed by atoms with van der Waals surface area (Å²) in [5.41, 5.74) is 0.222. The second-order valence-corrected chi connectivity index (χ2v) is 9.07. The maximum absolute atomic E-state index is 12.8. The number of fused-ring (bicyclic) bond motifs is 3. The lowest BCUT2D eigenvalue weighted by Crippen LogP contribution is -2.60. The number of hydrogen-bond donors (Lipinski definition) is 2. The summed E-state index contributed by atoms with van der Waals surface area (Å²) in [6.45, 7) is 5.82. The fraction of sp³-hybridized carbons (Fsp3) is 0.556. The third-order valence-electron chi connectivity index (χ3n) is 5.57. The van der Waals surface area contributed by atoms with E-state index in [1.807, 2.05) is 36.6 Å². The lowest BCUT2D eigenvalue weighted by Gasteiger charge is -2.49. The summed E-state index contributed by atoms with van der Waals surface area (Å²) in [5, 5.41) is 6.58. The van der Waals surface area contributed by atoms with Crippen LogP contribution in [0, 0.1) is 17.8 Å². The SMILES string of the molecule is CS(=O)c1cccn2c(C(C)(C)NC(=O)C3[C@@H]4CNC[C@H]3C4)ncc12. The highest BCUT2D eigenvalue weighted by atomic mass is 32.2. The zero-order chi connectivity index (χ0) is 17.8. The predicted octanol–water partition coefficient (Wildman–Crippen LogP) is 1.28. The molecule has 1 amide bonds. The molecule has 4 rings (SSSR count). The molecule has 1 saturated heterocycles. The second kappa shape index (κ2) is 5.92. The minimum absolute atomic E-state index is 0.116. The van der Waals surface area contributed by atoms with Crippen LogP contribution in [0.25, 0.3) is 5.52 Å². The topological polar surface area (TPSA) is 75.5 Å². The van der Waals surface area contributed by atoms with Gasteiger partial charge in [0.25, 0.3) is 0 Å². The molecule has 0 radical (unpaired) electrons. The summed E-state index contributed by atoms with van der Waals surface area (Å²) in [7, 11) is -1.09. The first-order valence-corrected chi connectivity index (χ1v) is 10.3. The third-order valence-corrected chi connectivity index (χ3v) is 6.54. The highest BCUT2D eigenvalue weighted by Crippen LogP contribution is 2.43. The molecule has 7 heteroatoms. The summed E-state index contributed by atoms with van der Waals surface area (Å²) in [6.07, 6.45) is 6.47. The third kappa shape index (κ3) is 2.69. The molecule has 4 atom stereocenters. The lowest BCUT2D eigenvalue weighted by atomic mass is 9.61. The molecule has 2 N–H and O–H groups in total. The van der Waals surface area contributed by atoms with E-state index in [1.54, 1.807) is 12.5 Å². The van der Waals surface area contributed by atoms with E-state index in [0.717, 1.165) is 35.7 Å². The number of rotatable bonds is 4. The van der Waals surface area contributed by atoms with Gasteiger partial charge in [-0.25, -0.2) is 4.98 Å². The van der Waals surface area contributed by atoms with Crippen molar-refractivity contribution < 1.29 is 9.00 Å². The van der Waals surface area contributed by atoms with Crippen LogP contribution in [0.3, 0.4) is 0 Å². The summed E-state index contributed by atoms with van der Waals surface area (Å²) in [6, 6.07) is 3.72. The van der Waals surface area contributed by atoms with Gasteiger partial charge >= 0.3 is 0 Å². The van der Waals surface area contributed by atoms with Gasteiger partial charge in [-0.2, -0.15) is 0 Å². The number of aromatic nitrogens is 2. The Hall–Kier alpha value is -1.73. The summed E-state index contributed by atoms with van der Waals surface area (Å²) < 4.78 is 13.9. The lowest BCUT2D eigenvalue weighted by molar-refractivity contribution is -0.138. The van der Waals surface area contributed by atoms with Crippen LogP contribution in [0.1, 0.15) is 26.1 Å². The van der Waals surface area contributed by atoms with Crippen molar-refractivity contribution in [2.75, 3.05) is 19.3 Å². The molecule has 0 aromatic carbocycles. The van der Waals surface area contributed by atoms with E-state index in [2.05, 4.69) is 15.6 Å². The monoisotopic (exact) mass is 360 g/mol. The molecule has 134 valence electrons. The fourth-order valence-corrected chi connectivity index (χ4v) is 5.04. The van der Waals surface area contributed by atoms with E-state index in [0.29, 0.717) is 11.8 Å². The van der Waals surface area contributed by atoms with Crippen molar-refractivity contribution in [2.24, 2.45) is 17.8 Å². The molecule has 3 heterocycles. The number of nitrogens with zero attached hydrogens (tertiary/aromatic N) is 2. The van der Waals surface area contributed by atoms with Crippen molar-refractivity contribution in [2.45, 2.75) is 30.7 Å². The predicted molar refractivity (Wildman–Crippen MR) is 96.6 cm³/mol. The number of piperidine rings is 2. The number of nitrogens with one attached hydrogen (secondary N) is 2. The Bertz CT molecular complexity index is 846. The first-order chi connectivity index (χ1) is 11.9. The minimum atomic E-state index is -1.09. The van der Waals surface area contributed by atoms with Crippen molar-refractivity contribution in [3.63, 3.8) is 0 Å². The number of carbonyl (C=O) groups excluding carboxylic acids is 1. The van der Waals surface area contributed by atoms with Crippen molar-refractivity contribution in [3.8, 4) is 0 Å². The minimum Gasteiger partial charge on any atom is -0.344 e. The molecular formula is C18H24N4O2S. The van der Waals surface area contributed by atoms with Crippen LogP contribution in [0.5, 0.6) is 0 Å². The van der Waals surface area contributed by atoms with Gasteiger partial charge in [0.1, 0.15) is 5.82 Å². The van der Waals surface area contributed by atoms with E-state index >= 15 is 0 Å². The van der Waals surface area contributed by atoms with Crippen LogP contribution >= 0.6 is 0 Å². The van der Waals surface area contributed by atoms with E-state index in [1.165, 1.54) is 0 Å². The Labute approximate surface area is 149 Å². The summed E-state index contributed by atoms with van der Waals surface area (Å²) in [5.74, 6) is 1.91. The van der Waals surface area contributed by atoms with Gasteiger partial charge in [-0.05, 0) is 57.3 Å². The van der Waals surface area contributed by atoms with Gasteiger partial charge in [-0.15, -0.1) is 0 Å². The fourth-order valence-electron chi connectivity index (χ4n) is 4.32. The quantitative estimate of drug-likeness (QED) is 0.861. The van der Waals surface area contributed by atoms with Crippen LogP contribution in [-0.4, -0.2) is 38.8 Å². The van der Waals surface area contributed by atoms with Gasteiger partial charge < -0.3 is 15.0 Å². The maximum atomic E-state index is 12.8. The maximum Gasteiger partial charge on any atom is 0.224 e. The molecule has 25 heavy (non-hydrogen) atoms. The van der Waals surface area contributed by atoms with Crippen molar-refractivity contribution >= 4 is 22.2 Å². The highest BCUT2D eigenvalue weighted by Gasteiger charge is 2.48. The van der Waals surface area contributed by atoms with Crippen LogP contribution in [-0.2, 0) is 21.1 Å². The van der Waals surface area contributed by atoms with Crippen LogP contribution in [0.15, 0.2) is 29.4 Å². The molecule has 2 aromatic heterocycles. The zero-order valence-corrected chi connectivity index (χ0v) is 15.6. The smallest absolute Gasteiger partial charge is 0.224 e. The first-order valence-electron chi connectivity index (χ1n) is 8.71. The van der Waals surface area contributed by atoms with Gasteiger partial charge in [0.15, 0.2) is 0 Å². The summed E-state index contributed by atoms with van der Waals surface area (Å²) >= 11 is 0.